The van der Waals surface area contributed by atoms with Crippen LogP contribution in [0.5, 0.6) is 0 Å². The number of rotatable bonds is 5. The van der Waals surface area contributed by atoms with Gasteiger partial charge in [-0.25, -0.2) is 4.39 Å². The summed E-state index contributed by atoms with van der Waals surface area (Å²) >= 11 is 5.82. The minimum atomic E-state index is -0.234. The molecule has 0 unspecified atom stereocenters. The van der Waals surface area contributed by atoms with E-state index in [1.807, 2.05) is 24.0 Å². The van der Waals surface area contributed by atoms with E-state index in [-0.39, 0.29) is 5.82 Å². The number of nitrogens with one attached hydrogen (secondary N) is 1. The maximum Gasteiger partial charge on any atom is 0.127 e. The molecular weight excluding hydrogens is 253 g/mol. The molecule has 0 fully saturated rings. The summed E-state index contributed by atoms with van der Waals surface area (Å²) < 4.78 is 15.3. The van der Waals surface area contributed by atoms with E-state index >= 15 is 0 Å². The predicted molar refractivity (Wildman–Crippen MR) is 70.1 cm³/mol. The van der Waals surface area contributed by atoms with Crippen LogP contribution < -0.4 is 5.32 Å². The van der Waals surface area contributed by atoms with Crippen LogP contribution in [0, 0.1) is 12.7 Å². The maximum absolute atomic E-state index is 13.4. The smallest absolute Gasteiger partial charge is 0.127 e. The Bertz CT molecular complexity index is 525. The molecule has 1 N–H and O–H groups in total. The van der Waals surface area contributed by atoms with Crippen molar-refractivity contribution in [1.82, 2.24) is 15.1 Å². The quantitative estimate of drug-likeness (QED) is 0.845. The Balaban J connectivity index is 1.80. The molecule has 0 bridgehead atoms. The van der Waals surface area contributed by atoms with E-state index < -0.39 is 0 Å². The van der Waals surface area contributed by atoms with E-state index in [0.717, 1.165) is 18.7 Å². The van der Waals surface area contributed by atoms with Crippen LogP contribution in [0.3, 0.4) is 0 Å². The molecule has 0 saturated heterocycles. The average Bonchev–Trinajstić information content (AvgIpc) is 2.75. The van der Waals surface area contributed by atoms with Crippen LogP contribution >= 0.6 is 11.6 Å². The topological polar surface area (TPSA) is 29.9 Å². The number of aryl methyl sites for hydroxylation is 1. The summed E-state index contributed by atoms with van der Waals surface area (Å²) in [4.78, 5) is 0. The molecule has 0 aliphatic heterocycles. The second-order valence-corrected chi connectivity index (χ2v) is 4.63. The lowest BCUT2D eigenvalue weighted by atomic mass is 10.2. The summed E-state index contributed by atoms with van der Waals surface area (Å²) in [6.07, 6.45) is 3.79. The zero-order valence-corrected chi connectivity index (χ0v) is 10.9. The highest BCUT2D eigenvalue weighted by molar-refractivity contribution is 6.30. The van der Waals surface area contributed by atoms with Crippen LogP contribution in [0.15, 0.2) is 30.6 Å². The molecule has 0 radical (unpaired) electrons. The van der Waals surface area contributed by atoms with Gasteiger partial charge in [-0.1, -0.05) is 11.6 Å². The SMILES string of the molecule is Cc1cnn(CCNCc2cc(Cl)ccc2F)c1. The van der Waals surface area contributed by atoms with Gasteiger partial charge < -0.3 is 5.32 Å². The van der Waals surface area contributed by atoms with E-state index in [1.54, 1.807) is 12.1 Å². The summed E-state index contributed by atoms with van der Waals surface area (Å²) in [6, 6.07) is 4.57. The number of benzene rings is 1. The normalized spacial score (nSPS) is 10.8. The molecule has 2 rings (SSSR count). The van der Waals surface area contributed by atoms with Crippen LogP contribution in [0.4, 0.5) is 4.39 Å². The molecular formula is C13H15ClFN3. The highest BCUT2D eigenvalue weighted by atomic mass is 35.5. The zero-order valence-electron chi connectivity index (χ0n) is 10.2. The van der Waals surface area contributed by atoms with Crippen molar-refractivity contribution < 1.29 is 4.39 Å². The zero-order chi connectivity index (χ0) is 13.0. The number of aromatic nitrogens is 2. The van der Waals surface area contributed by atoms with Crippen LogP contribution in [-0.2, 0) is 13.1 Å². The molecule has 3 nitrogen and oxygen atoms in total. The van der Waals surface area contributed by atoms with Gasteiger partial charge in [0, 0.05) is 29.9 Å². The van der Waals surface area contributed by atoms with E-state index in [9.17, 15) is 4.39 Å². The van der Waals surface area contributed by atoms with Gasteiger partial charge in [0.05, 0.1) is 12.7 Å². The molecule has 0 spiro atoms. The standard InChI is InChI=1S/C13H15ClFN3/c1-10-7-17-18(9-10)5-4-16-8-11-6-12(14)2-3-13(11)15/h2-3,6-7,9,16H,4-5,8H2,1H3. The maximum atomic E-state index is 13.4. The molecule has 1 heterocycles. The van der Waals surface area contributed by atoms with Gasteiger partial charge in [-0.15, -0.1) is 0 Å². The van der Waals surface area contributed by atoms with Crippen molar-refractivity contribution in [1.29, 1.82) is 0 Å². The Morgan fingerprint density at radius 3 is 3.00 bits per heavy atom. The van der Waals surface area contributed by atoms with Gasteiger partial charge >= 0.3 is 0 Å². The molecule has 0 atom stereocenters. The Labute approximate surface area is 111 Å². The van der Waals surface area contributed by atoms with E-state index in [2.05, 4.69) is 10.4 Å². The molecule has 96 valence electrons. The molecule has 2 aromatic rings. The van der Waals surface area contributed by atoms with Gasteiger partial charge in [0.25, 0.3) is 0 Å². The van der Waals surface area contributed by atoms with Gasteiger partial charge in [-0.3, -0.25) is 4.68 Å². The van der Waals surface area contributed by atoms with Gasteiger partial charge in [0.1, 0.15) is 5.82 Å². The van der Waals surface area contributed by atoms with Crippen molar-refractivity contribution in [2.45, 2.75) is 20.0 Å². The lowest BCUT2D eigenvalue weighted by Crippen LogP contribution is -2.20. The molecule has 0 aliphatic rings. The highest BCUT2D eigenvalue weighted by Crippen LogP contribution is 2.14. The monoisotopic (exact) mass is 267 g/mol. The van der Waals surface area contributed by atoms with Gasteiger partial charge in [0.2, 0.25) is 0 Å². The first kappa shape index (κ1) is 13.1. The van der Waals surface area contributed by atoms with Crippen LogP contribution in [0.25, 0.3) is 0 Å². The number of hydrogen-bond donors (Lipinski definition) is 1. The van der Waals surface area contributed by atoms with Gasteiger partial charge in [-0.2, -0.15) is 5.10 Å². The molecule has 5 heteroatoms. The van der Waals surface area contributed by atoms with E-state index in [0.29, 0.717) is 17.1 Å². The Morgan fingerprint density at radius 1 is 1.44 bits per heavy atom. The fourth-order valence-electron chi connectivity index (χ4n) is 1.68. The van der Waals surface area contributed by atoms with Crippen molar-refractivity contribution in [3.63, 3.8) is 0 Å². The predicted octanol–water partition coefficient (Wildman–Crippen LogP) is 2.77. The highest BCUT2D eigenvalue weighted by Gasteiger charge is 2.02. The summed E-state index contributed by atoms with van der Waals surface area (Å²) in [5, 5.41) is 7.89. The first-order valence-corrected chi connectivity index (χ1v) is 6.16. The fraction of sp³-hybridized carbons (Fsp3) is 0.308. The summed E-state index contributed by atoms with van der Waals surface area (Å²) in [6.45, 7) is 3.95. The minimum absolute atomic E-state index is 0.234. The summed E-state index contributed by atoms with van der Waals surface area (Å²) in [5.41, 5.74) is 1.72. The van der Waals surface area contributed by atoms with E-state index in [1.165, 1.54) is 6.07 Å². The summed E-state index contributed by atoms with van der Waals surface area (Å²) in [7, 11) is 0. The lowest BCUT2D eigenvalue weighted by Gasteiger charge is -2.06. The Hall–Kier alpha value is -1.39. The van der Waals surface area contributed by atoms with Crippen molar-refractivity contribution >= 4 is 11.6 Å². The second kappa shape index (κ2) is 5.98. The largest absolute Gasteiger partial charge is 0.311 e. The van der Waals surface area contributed by atoms with Crippen molar-refractivity contribution in [3.05, 3.63) is 52.6 Å². The minimum Gasteiger partial charge on any atom is -0.311 e. The first-order chi connectivity index (χ1) is 8.65. The van der Waals surface area contributed by atoms with Crippen LogP contribution in [-0.4, -0.2) is 16.3 Å². The third-order valence-corrected chi connectivity index (χ3v) is 2.84. The molecule has 18 heavy (non-hydrogen) atoms. The molecule has 0 aliphatic carbocycles. The van der Waals surface area contributed by atoms with Crippen LogP contribution in [0.1, 0.15) is 11.1 Å². The lowest BCUT2D eigenvalue weighted by molar-refractivity contribution is 0.540. The molecule has 0 saturated carbocycles. The van der Waals surface area contributed by atoms with E-state index in [4.69, 9.17) is 11.6 Å². The van der Waals surface area contributed by atoms with Crippen molar-refractivity contribution in [2.75, 3.05) is 6.54 Å². The van der Waals surface area contributed by atoms with Crippen molar-refractivity contribution in [2.24, 2.45) is 0 Å². The Kier molecular flexibility index (Phi) is 4.33. The first-order valence-electron chi connectivity index (χ1n) is 5.79. The number of halogens is 2. The van der Waals surface area contributed by atoms with Crippen LogP contribution in [0.2, 0.25) is 5.02 Å². The second-order valence-electron chi connectivity index (χ2n) is 4.19. The van der Waals surface area contributed by atoms with Crippen molar-refractivity contribution in [3.8, 4) is 0 Å². The number of nitrogens with zero attached hydrogens (tertiary/aromatic N) is 2. The third kappa shape index (κ3) is 3.55. The molecule has 1 aromatic carbocycles. The summed E-state index contributed by atoms with van der Waals surface area (Å²) in [5.74, 6) is -0.234. The van der Waals surface area contributed by atoms with Gasteiger partial charge in [0.15, 0.2) is 0 Å². The van der Waals surface area contributed by atoms with Gasteiger partial charge in [-0.05, 0) is 30.7 Å². The fourth-order valence-corrected chi connectivity index (χ4v) is 1.88. The number of hydrogen-bond acceptors (Lipinski definition) is 2. The third-order valence-electron chi connectivity index (χ3n) is 2.60. The molecule has 0 amide bonds. The Morgan fingerprint density at radius 2 is 2.28 bits per heavy atom. The molecule has 1 aromatic heterocycles. The average molecular weight is 268 g/mol.